The van der Waals surface area contributed by atoms with Crippen LogP contribution in [0.15, 0.2) is 22.7 Å². The standard InChI is InChI=1S/C14H20BrNO2/c1-4-16(5-2)9-10-18-14(17)13-11(3)7-6-8-12(13)15/h6-8H,4-5,9-10H2,1-3H3. The lowest BCUT2D eigenvalue weighted by atomic mass is 10.1. The van der Waals surface area contributed by atoms with Gasteiger partial charge in [-0.05, 0) is 47.6 Å². The van der Waals surface area contributed by atoms with Gasteiger partial charge >= 0.3 is 5.97 Å². The maximum Gasteiger partial charge on any atom is 0.339 e. The van der Waals surface area contributed by atoms with Crippen LogP contribution in [0.25, 0.3) is 0 Å². The normalized spacial score (nSPS) is 10.7. The fraction of sp³-hybridized carbons (Fsp3) is 0.500. The fourth-order valence-corrected chi connectivity index (χ4v) is 2.40. The van der Waals surface area contributed by atoms with Crippen molar-refractivity contribution in [2.75, 3.05) is 26.2 Å². The first-order chi connectivity index (χ1) is 8.60. The van der Waals surface area contributed by atoms with Crippen LogP contribution in [0, 0.1) is 6.92 Å². The third-order valence-corrected chi connectivity index (χ3v) is 3.62. The molecular formula is C14H20BrNO2. The molecule has 100 valence electrons. The number of nitrogens with zero attached hydrogens (tertiary/aromatic N) is 1. The molecule has 0 N–H and O–H groups in total. The van der Waals surface area contributed by atoms with Crippen LogP contribution in [0.4, 0.5) is 0 Å². The number of likely N-dealkylation sites (N-methyl/N-ethyl adjacent to an activating group) is 1. The van der Waals surface area contributed by atoms with Gasteiger partial charge in [0, 0.05) is 11.0 Å². The summed E-state index contributed by atoms with van der Waals surface area (Å²) in [6.45, 7) is 9.27. The number of hydrogen-bond donors (Lipinski definition) is 0. The molecule has 0 aliphatic rings. The Morgan fingerprint density at radius 2 is 2.00 bits per heavy atom. The molecule has 0 heterocycles. The molecule has 3 nitrogen and oxygen atoms in total. The Hall–Kier alpha value is -0.870. The van der Waals surface area contributed by atoms with Crippen LogP contribution in [0.3, 0.4) is 0 Å². The van der Waals surface area contributed by atoms with Gasteiger partial charge in [0.2, 0.25) is 0 Å². The molecule has 1 aromatic rings. The fourth-order valence-electron chi connectivity index (χ4n) is 1.77. The van der Waals surface area contributed by atoms with Crippen molar-refractivity contribution in [1.29, 1.82) is 0 Å². The molecule has 0 saturated heterocycles. The van der Waals surface area contributed by atoms with Gasteiger partial charge in [0.1, 0.15) is 6.61 Å². The average Bonchev–Trinajstić information content (AvgIpc) is 2.34. The van der Waals surface area contributed by atoms with E-state index in [4.69, 9.17) is 4.74 Å². The second kappa shape index (κ2) is 7.54. The minimum Gasteiger partial charge on any atom is -0.461 e. The summed E-state index contributed by atoms with van der Waals surface area (Å²) in [6.07, 6.45) is 0. The van der Waals surface area contributed by atoms with Gasteiger partial charge in [-0.25, -0.2) is 4.79 Å². The molecule has 0 aromatic heterocycles. The molecule has 1 rings (SSSR count). The summed E-state index contributed by atoms with van der Waals surface area (Å²) in [7, 11) is 0. The van der Waals surface area contributed by atoms with Gasteiger partial charge in [-0.2, -0.15) is 0 Å². The van der Waals surface area contributed by atoms with E-state index in [1.54, 1.807) is 0 Å². The van der Waals surface area contributed by atoms with Crippen molar-refractivity contribution in [3.63, 3.8) is 0 Å². The number of hydrogen-bond acceptors (Lipinski definition) is 3. The molecule has 0 aliphatic heterocycles. The lowest BCUT2D eigenvalue weighted by Crippen LogP contribution is -2.28. The third kappa shape index (κ3) is 4.10. The Morgan fingerprint density at radius 3 is 2.56 bits per heavy atom. The van der Waals surface area contributed by atoms with Gasteiger partial charge in [0.15, 0.2) is 0 Å². The molecule has 4 heteroatoms. The number of halogens is 1. The van der Waals surface area contributed by atoms with E-state index in [2.05, 4.69) is 34.7 Å². The first-order valence-electron chi connectivity index (χ1n) is 6.24. The number of carbonyl (C=O) groups excluding carboxylic acids is 1. The molecule has 0 spiro atoms. The Bertz CT molecular complexity index is 383. The predicted octanol–water partition coefficient (Wildman–Crippen LogP) is 3.26. The van der Waals surface area contributed by atoms with Gasteiger partial charge in [-0.3, -0.25) is 0 Å². The topological polar surface area (TPSA) is 29.5 Å². The van der Waals surface area contributed by atoms with Crippen molar-refractivity contribution in [2.24, 2.45) is 0 Å². The van der Waals surface area contributed by atoms with Crippen molar-refractivity contribution in [1.82, 2.24) is 4.90 Å². The second-order valence-electron chi connectivity index (χ2n) is 4.09. The molecular weight excluding hydrogens is 294 g/mol. The zero-order valence-electron chi connectivity index (χ0n) is 11.2. The number of aryl methyl sites for hydroxylation is 1. The Kier molecular flexibility index (Phi) is 6.36. The van der Waals surface area contributed by atoms with Crippen LogP contribution < -0.4 is 0 Å². The van der Waals surface area contributed by atoms with E-state index in [0.717, 1.165) is 29.7 Å². The summed E-state index contributed by atoms with van der Waals surface area (Å²) in [5, 5.41) is 0. The Labute approximate surface area is 117 Å². The number of ether oxygens (including phenoxy) is 1. The summed E-state index contributed by atoms with van der Waals surface area (Å²) < 4.78 is 6.10. The van der Waals surface area contributed by atoms with E-state index in [9.17, 15) is 4.79 Å². The zero-order valence-corrected chi connectivity index (χ0v) is 12.8. The highest BCUT2D eigenvalue weighted by molar-refractivity contribution is 9.10. The molecule has 1 aromatic carbocycles. The summed E-state index contributed by atoms with van der Waals surface area (Å²) in [6, 6.07) is 5.67. The third-order valence-electron chi connectivity index (χ3n) is 2.96. The number of carbonyl (C=O) groups is 1. The predicted molar refractivity (Wildman–Crippen MR) is 76.9 cm³/mol. The highest BCUT2D eigenvalue weighted by Gasteiger charge is 2.14. The van der Waals surface area contributed by atoms with Gasteiger partial charge in [-0.1, -0.05) is 26.0 Å². The second-order valence-corrected chi connectivity index (χ2v) is 4.95. The lowest BCUT2D eigenvalue weighted by molar-refractivity contribution is 0.0464. The number of esters is 1. The van der Waals surface area contributed by atoms with Crippen molar-refractivity contribution in [2.45, 2.75) is 20.8 Å². The van der Waals surface area contributed by atoms with Crippen molar-refractivity contribution in [3.05, 3.63) is 33.8 Å². The van der Waals surface area contributed by atoms with Crippen LogP contribution in [0.2, 0.25) is 0 Å². The zero-order chi connectivity index (χ0) is 13.5. The van der Waals surface area contributed by atoms with Gasteiger partial charge in [0.05, 0.1) is 5.56 Å². The van der Waals surface area contributed by atoms with E-state index in [1.807, 2.05) is 25.1 Å². The minimum atomic E-state index is -0.257. The monoisotopic (exact) mass is 313 g/mol. The largest absolute Gasteiger partial charge is 0.461 e. The van der Waals surface area contributed by atoms with Crippen LogP contribution >= 0.6 is 15.9 Å². The van der Waals surface area contributed by atoms with Crippen molar-refractivity contribution < 1.29 is 9.53 Å². The quantitative estimate of drug-likeness (QED) is 0.755. The number of benzene rings is 1. The van der Waals surface area contributed by atoms with E-state index in [-0.39, 0.29) is 5.97 Å². The first-order valence-corrected chi connectivity index (χ1v) is 7.04. The average molecular weight is 314 g/mol. The SMILES string of the molecule is CCN(CC)CCOC(=O)c1c(C)cccc1Br. The molecule has 0 bridgehead atoms. The van der Waals surface area contributed by atoms with Gasteiger partial charge < -0.3 is 9.64 Å². The highest BCUT2D eigenvalue weighted by Crippen LogP contribution is 2.20. The van der Waals surface area contributed by atoms with E-state index >= 15 is 0 Å². The minimum absolute atomic E-state index is 0.257. The Balaban J connectivity index is 2.56. The van der Waals surface area contributed by atoms with Gasteiger partial charge in [0.25, 0.3) is 0 Å². The summed E-state index contributed by atoms with van der Waals surface area (Å²) >= 11 is 3.38. The van der Waals surface area contributed by atoms with Crippen LogP contribution in [-0.4, -0.2) is 37.1 Å². The van der Waals surface area contributed by atoms with E-state index in [0.29, 0.717) is 12.2 Å². The highest BCUT2D eigenvalue weighted by atomic mass is 79.9. The maximum atomic E-state index is 12.0. The molecule has 18 heavy (non-hydrogen) atoms. The molecule has 0 radical (unpaired) electrons. The van der Waals surface area contributed by atoms with Crippen LogP contribution in [0.1, 0.15) is 29.8 Å². The maximum absolute atomic E-state index is 12.0. The molecule has 0 fully saturated rings. The van der Waals surface area contributed by atoms with E-state index < -0.39 is 0 Å². The van der Waals surface area contributed by atoms with Crippen molar-refractivity contribution in [3.8, 4) is 0 Å². The number of rotatable bonds is 6. The lowest BCUT2D eigenvalue weighted by Gasteiger charge is -2.17. The molecule has 0 aliphatic carbocycles. The van der Waals surface area contributed by atoms with Gasteiger partial charge in [-0.15, -0.1) is 0 Å². The Morgan fingerprint density at radius 1 is 1.33 bits per heavy atom. The summed E-state index contributed by atoms with van der Waals surface area (Å²) in [5.41, 5.74) is 1.55. The molecule has 0 saturated carbocycles. The first kappa shape index (κ1) is 15.2. The molecule has 0 atom stereocenters. The summed E-state index contributed by atoms with van der Waals surface area (Å²) in [4.78, 5) is 14.2. The molecule has 0 unspecified atom stereocenters. The van der Waals surface area contributed by atoms with E-state index in [1.165, 1.54) is 0 Å². The summed E-state index contributed by atoms with van der Waals surface area (Å²) in [5.74, 6) is -0.257. The smallest absolute Gasteiger partial charge is 0.339 e. The van der Waals surface area contributed by atoms with Crippen LogP contribution in [-0.2, 0) is 4.74 Å². The van der Waals surface area contributed by atoms with Crippen LogP contribution in [0.5, 0.6) is 0 Å². The van der Waals surface area contributed by atoms with Crippen molar-refractivity contribution >= 4 is 21.9 Å². The molecule has 0 amide bonds.